The molecule has 1 aliphatic rings. The zero-order valence-corrected chi connectivity index (χ0v) is 13.7. The van der Waals surface area contributed by atoms with Crippen LogP contribution in [-0.4, -0.2) is 11.4 Å². The van der Waals surface area contributed by atoms with Crippen molar-refractivity contribution in [3.8, 4) is 0 Å². The fourth-order valence-corrected chi connectivity index (χ4v) is 3.61. The lowest BCUT2D eigenvalue weighted by Gasteiger charge is -2.31. The minimum absolute atomic E-state index is 0.196. The highest BCUT2D eigenvalue weighted by Gasteiger charge is 2.24. The number of hydrogen-bond donors (Lipinski definition) is 0. The summed E-state index contributed by atoms with van der Waals surface area (Å²) in [6, 6.07) is 8.57. The molecule has 2 rings (SSSR count). The van der Waals surface area contributed by atoms with E-state index >= 15 is 0 Å². The van der Waals surface area contributed by atoms with Crippen LogP contribution in [0.3, 0.4) is 0 Å². The van der Waals surface area contributed by atoms with Gasteiger partial charge in [-0.25, -0.2) is 0 Å². The molecule has 3 unspecified atom stereocenters. The molecule has 106 valence electrons. The summed E-state index contributed by atoms with van der Waals surface area (Å²) in [5.41, 5.74) is 2.66. The summed E-state index contributed by atoms with van der Waals surface area (Å²) in [4.78, 5) is 0. The molecule has 0 saturated heterocycles. The van der Waals surface area contributed by atoms with Gasteiger partial charge >= 0.3 is 0 Å². The van der Waals surface area contributed by atoms with Gasteiger partial charge < -0.3 is 4.74 Å². The minimum Gasteiger partial charge on any atom is -0.369 e. The SMILES string of the molecule is CCC1CCCC(OC(CBr)c2ccccc2C)C1. The average molecular weight is 325 g/mol. The molecule has 1 nitrogen and oxygen atoms in total. The zero-order valence-electron chi connectivity index (χ0n) is 12.1. The fraction of sp³-hybridized carbons (Fsp3) is 0.647. The summed E-state index contributed by atoms with van der Waals surface area (Å²) in [6.07, 6.45) is 7.12. The second-order valence-corrected chi connectivity index (χ2v) is 6.35. The van der Waals surface area contributed by atoms with E-state index in [0.717, 1.165) is 11.2 Å². The molecule has 1 aromatic rings. The third kappa shape index (κ3) is 4.06. The highest BCUT2D eigenvalue weighted by atomic mass is 79.9. The van der Waals surface area contributed by atoms with E-state index in [0.29, 0.717) is 6.10 Å². The largest absolute Gasteiger partial charge is 0.369 e. The Morgan fingerprint density at radius 2 is 2.11 bits per heavy atom. The molecule has 0 heterocycles. The van der Waals surface area contributed by atoms with Crippen molar-refractivity contribution in [2.45, 2.75) is 58.2 Å². The monoisotopic (exact) mass is 324 g/mol. The lowest BCUT2D eigenvalue weighted by atomic mass is 9.85. The minimum atomic E-state index is 0.196. The summed E-state index contributed by atoms with van der Waals surface area (Å²) in [5, 5.41) is 0.880. The van der Waals surface area contributed by atoms with Crippen LogP contribution in [0.5, 0.6) is 0 Å². The van der Waals surface area contributed by atoms with Crippen LogP contribution >= 0.6 is 15.9 Å². The van der Waals surface area contributed by atoms with E-state index < -0.39 is 0 Å². The standard InChI is InChI=1S/C17H25BrO/c1-3-14-8-6-9-15(11-14)19-17(12-18)16-10-5-4-7-13(16)2/h4-5,7,10,14-15,17H,3,6,8-9,11-12H2,1-2H3. The van der Waals surface area contributed by atoms with E-state index in [1.807, 2.05) is 0 Å². The Labute approximate surface area is 125 Å². The first kappa shape index (κ1) is 15.1. The molecule has 0 amide bonds. The van der Waals surface area contributed by atoms with E-state index in [2.05, 4.69) is 54.0 Å². The van der Waals surface area contributed by atoms with Gasteiger partial charge in [0.2, 0.25) is 0 Å². The molecule has 0 aliphatic heterocycles. The molecular weight excluding hydrogens is 300 g/mol. The van der Waals surface area contributed by atoms with Crippen LogP contribution < -0.4 is 0 Å². The molecule has 0 N–H and O–H groups in total. The molecule has 0 radical (unpaired) electrons. The first-order valence-electron chi connectivity index (χ1n) is 7.51. The molecule has 1 fully saturated rings. The van der Waals surface area contributed by atoms with Crippen molar-refractivity contribution in [1.82, 2.24) is 0 Å². The number of ether oxygens (including phenoxy) is 1. The molecule has 1 aliphatic carbocycles. The number of alkyl halides is 1. The molecule has 0 bridgehead atoms. The maximum absolute atomic E-state index is 6.39. The van der Waals surface area contributed by atoms with Gasteiger partial charge in [0.25, 0.3) is 0 Å². The van der Waals surface area contributed by atoms with Gasteiger partial charge in [0, 0.05) is 5.33 Å². The van der Waals surface area contributed by atoms with E-state index in [1.165, 1.54) is 43.2 Å². The van der Waals surface area contributed by atoms with E-state index in [4.69, 9.17) is 4.74 Å². The van der Waals surface area contributed by atoms with Crippen LogP contribution in [0, 0.1) is 12.8 Å². The smallest absolute Gasteiger partial charge is 0.0927 e. The second-order valence-electron chi connectivity index (χ2n) is 5.70. The number of halogens is 1. The van der Waals surface area contributed by atoms with Crippen molar-refractivity contribution in [3.05, 3.63) is 35.4 Å². The highest BCUT2D eigenvalue weighted by Crippen LogP contribution is 2.33. The van der Waals surface area contributed by atoms with Crippen LogP contribution in [0.1, 0.15) is 56.3 Å². The maximum Gasteiger partial charge on any atom is 0.0927 e. The summed E-state index contributed by atoms with van der Waals surface area (Å²) < 4.78 is 6.39. The first-order chi connectivity index (χ1) is 9.24. The highest BCUT2D eigenvalue weighted by molar-refractivity contribution is 9.09. The molecule has 0 aromatic heterocycles. The lowest BCUT2D eigenvalue weighted by Crippen LogP contribution is -2.25. The van der Waals surface area contributed by atoms with E-state index in [1.54, 1.807) is 0 Å². The Balaban J connectivity index is 2.01. The molecule has 2 heteroatoms. The van der Waals surface area contributed by atoms with Crippen molar-refractivity contribution in [2.24, 2.45) is 5.92 Å². The van der Waals surface area contributed by atoms with Crippen LogP contribution in [0.15, 0.2) is 24.3 Å². The molecule has 0 spiro atoms. The molecular formula is C17H25BrO. The third-order valence-electron chi connectivity index (χ3n) is 4.34. The van der Waals surface area contributed by atoms with Crippen LogP contribution in [0.25, 0.3) is 0 Å². The Bertz CT molecular complexity index is 391. The topological polar surface area (TPSA) is 9.23 Å². The van der Waals surface area contributed by atoms with Crippen LogP contribution in [0.4, 0.5) is 0 Å². The second kappa shape index (κ2) is 7.44. The number of hydrogen-bond acceptors (Lipinski definition) is 1. The summed E-state index contributed by atoms with van der Waals surface area (Å²) in [6.45, 7) is 4.47. The van der Waals surface area contributed by atoms with Crippen molar-refractivity contribution in [1.29, 1.82) is 0 Å². The van der Waals surface area contributed by atoms with E-state index in [-0.39, 0.29) is 6.10 Å². The summed E-state index contributed by atoms with van der Waals surface area (Å²) >= 11 is 3.62. The molecule has 1 aromatic carbocycles. The third-order valence-corrected chi connectivity index (χ3v) is 4.93. The van der Waals surface area contributed by atoms with Gasteiger partial charge in [-0.15, -0.1) is 0 Å². The van der Waals surface area contributed by atoms with Gasteiger partial charge in [-0.3, -0.25) is 0 Å². The van der Waals surface area contributed by atoms with Gasteiger partial charge in [0.05, 0.1) is 12.2 Å². The Kier molecular flexibility index (Phi) is 5.90. The van der Waals surface area contributed by atoms with Gasteiger partial charge in [0.15, 0.2) is 0 Å². The Hall–Kier alpha value is -0.340. The molecule has 19 heavy (non-hydrogen) atoms. The molecule has 1 saturated carbocycles. The van der Waals surface area contributed by atoms with E-state index in [9.17, 15) is 0 Å². The normalized spacial score (nSPS) is 25.2. The quantitative estimate of drug-likeness (QED) is 0.657. The zero-order chi connectivity index (χ0) is 13.7. The van der Waals surface area contributed by atoms with Crippen molar-refractivity contribution >= 4 is 15.9 Å². The van der Waals surface area contributed by atoms with Gasteiger partial charge in [-0.2, -0.15) is 0 Å². The number of benzene rings is 1. The van der Waals surface area contributed by atoms with Crippen LogP contribution in [0.2, 0.25) is 0 Å². The predicted octanol–water partition coefficient (Wildman–Crippen LogP) is 5.42. The molecule has 3 atom stereocenters. The van der Waals surface area contributed by atoms with Crippen molar-refractivity contribution in [2.75, 3.05) is 5.33 Å². The van der Waals surface area contributed by atoms with Gasteiger partial charge in [0.1, 0.15) is 0 Å². The maximum atomic E-state index is 6.39. The number of rotatable bonds is 5. The number of aryl methyl sites for hydroxylation is 1. The predicted molar refractivity (Wildman–Crippen MR) is 84.8 cm³/mol. The summed E-state index contributed by atoms with van der Waals surface area (Å²) in [5.74, 6) is 0.867. The van der Waals surface area contributed by atoms with Gasteiger partial charge in [-0.05, 0) is 36.8 Å². The summed E-state index contributed by atoms with van der Waals surface area (Å²) in [7, 11) is 0. The van der Waals surface area contributed by atoms with Crippen LogP contribution in [-0.2, 0) is 4.74 Å². The van der Waals surface area contributed by atoms with Crippen molar-refractivity contribution < 1.29 is 4.74 Å². The van der Waals surface area contributed by atoms with Gasteiger partial charge in [-0.1, -0.05) is 66.4 Å². The lowest BCUT2D eigenvalue weighted by molar-refractivity contribution is -0.0315. The Morgan fingerprint density at radius 3 is 2.79 bits per heavy atom. The Morgan fingerprint density at radius 1 is 1.32 bits per heavy atom. The fourth-order valence-electron chi connectivity index (χ4n) is 3.11. The van der Waals surface area contributed by atoms with Crippen molar-refractivity contribution in [3.63, 3.8) is 0 Å². The average Bonchev–Trinajstić information content (AvgIpc) is 2.46. The first-order valence-corrected chi connectivity index (χ1v) is 8.63.